The zero-order valence-electron chi connectivity index (χ0n) is 8.81. The molecule has 0 saturated carbocycles. The van der Waals surface area contributed by atoms with Crippen LogP contribution in [0.4, 0.5) is 0 Å². The maximum atomic E-state index is 8.24. The van der Waals surface area contributed by atoms with Gasteiger partial charge >= 0.3 is 0 Å². The molecule has 86 valence electrons. The molecule has 0 aromatic carbocycles. The van der Waals surface area contributed by atoms with Crippen molar-refractivity contribution in [1.82, 2.24) is 0 Å². The van der Waals surface area contributed by atoms with Crippen molar-refractivity contribution in [2.24, 2.45) is 5.92 Å². The third kappa shape index (κ3) is 7.23. The molecule has 2 N–H and O–H groups in total. The van der Waals surface area contributed by atoms with E-state index in [4.69, 9.17) is 15.3 Å². The molecule has 0 aliphatic heterocycles. The summed E-state index contributed by atoms with van der Waals surface area (Å²) >= 11 is 0. The molecule has 0 aromatic heterocycles. The topological polar surface area (TPSA) is 68.2 Å². The van der Waals surface area contributed by atoms with Crippen LogP contribution < -0.4 is 0 Å². The van der Waals surface area contributed by atoms with Crippen molar-refractivity contribution < 1.29 is 25.0 Å². The van der Waals surface area contributed by atoms with Gasteiger partial charge in [-0.1, -0.05) is 6.92 Å². The van der Waals surface area contributed by atoms with Crippen LogP contribution in [0.1, 0.15) is 26.7 Å². The molecule has 0 aliphatic carbocycles. The van der Waals surface area contributed by atoms with E-state index < -0.39 is 0 Å². The van der Waals surface area contributed by atoms with Crippen LogP contribution in [-0.2, 0) is 14.5 Å². The highest BCUT2D eigenvalue weighted by Crippen LogP contribution is 2.06. The van der Waals surface area contributed by atoms with Crippen LogP contribution in [0.2, 0.25) is 0 Å². The average Bonchev–Trinajstić information content (AvgIpc) is 2.18. The standard InChI is InChI=1S/C9H20O5/c1-3-8(2)12-5-4-9(6-13-10)7-14-11/h8-11H,3-7H2,1-2H3. The Morgan fingerprint density at radius 1 is 1.14 bits per heavy atom. The molecule has 0 aromatic rings. The summed E-state index contributed by atoms with van der Waals surface area (Å²) in [7, 11) is 0. The summed E-state index contributed by atoms with van der Waals surface area (Å²) in [6, 6.07) is 0. The maximum Gasteiger partial charge on any atom is 0.0871 e. The number of hydrogen-bond donors (Lipinski definition) is 2. The Kier molecular flexibility index (Phi) is 9.23. The normalized spacial score (nSPS) is 13.5. The van der Waals surface area contributed by atoms with Gasteiger partial charge < -0.3 is 4.74 Å². The number of rotatable bonds is 9. The highest BCUT2D eigenvalue weighted by molar-refractivity contribution is 4.56. The van der Waals surface area contributed by atoms with Gasteiger partial charge in [0.1, 0.15) is 0 Å². The second kappa shape index (κ2) is 9.36. The van der Waals surface area contributed by atoms with Gasteiger partial charge in [0.15, 0.2) is 0 Å². The largest absolute Gasteiger partial charge is 0.379 e. The average molecular weight is 208 g/mol. The molecule has 0 bridgehead atoms. The molecule has 0 fully saturated rings. The second-order valence-corrected chi connectivity index (χ2v) is 3.34. The quantitative estimate of drug-likeness (QED) is 0.446. The van der Waals surface area contributed by atoms with Crippen LogP contribution in [0, 0.1) is 5.92 Å². The van der Waals surface area contributed by atoms with Crippen molar-refractivity contribution in [1.29, 1.82) is 0 Å². The molecular weight excluding hydrogens is 188 g/mol. The Hall–Kier alpha value is -0.200. The van der Waals surface area contributed by atoms with Crippen LogP contribution in [0.25, 0.3) is 0 Å². The summed E-state index contributed by atoms with van der Waals surface area (Å²) in [6.45, 7) is 4.91. The van der Waals surface area contributed by atoms with Gasteiger partial charge in [-0.2, -0.15) is 0 Å². The van der Waals surface area contributed by atoms with E-state index in [1.807, 2.05) is 6.92 Å². The van der Waals surface area contributed by atoms with Crippen LogP contribution in [0.15, 0.2) is 0 Å². The molecule has 0 saturated heterocycles. The van der Waals surface area contributed by atoms with Crippen LogP contribution >= 0.6 is 0 Å². The van der Waals surface area contributed by atoms with E-state index in [0.717, 1.165) is 6.42 Å². The molecule has 0 aliphatic rings. The first-order valence-corrected chi connectivity index (χ1v) is 4.88. The van der Waals surface area contributed by atoms with Crippen molar-refractivity contribution in [3.63, 3.8) is 0 Å². The summed E-state index contributed by atoms with van der Waals surface area (Å²) in [5.41, 5.74) is 0. The van der Waals surface area contributed by atoms with E-state index in [2.05, 4.69) is 16.7 Å². The van der Waals surface area contributed by atoms with E-state index in [9.17, 15) is 0 Å². The van der Waals surface area contributed by atoms with E-state index in [0.29, 0.717) is 13.0 Å². The highest BCUT2D eigenvalue weighted by atomic mass is 17.1. The van der Waals surface area contributed by atoms with Crippen LogP contribution in [0.3, 0.4) is 0 Å². The van der Waals surface area contributed by atoms with E-state index in [-0.39, 0.29) is 25.2 Å². The molecule has 14 heavy (non-hydrogen) atoms. The fourth-order valence-corrected chi connectivity index (χ4v) is 0.979. The van der Waals surface area contributed by atoms with Gasteiger partial charge in [-0.25, -0.2) is 9.78 Å². The number of ether oxygens (including phenoxy) is 1. The van der Waals surface area contributed by atoms with E-state index in [1.54, 1.807) is 0 Å². The van der Waals surface area contributed by atoms with Gasteiger partial charge in [0.25, 0.3) is 0 Å². The monoisotopic (exact) mass is 208 g/mol. The molecule has 0 spiro atoms. The SMILES string of the molecule is CCC(C)OCCC(COO)COO. The van der Waals surface area contributed by atoms with Crippen molar-refractivity contribution in [2.45, 2.75) is 32.8 Å². The molecule has 1 unspecified atom stereocenters. The van der Waals surface area contributed by atoms with Gasteiger partial charge in [0.05, 0.1) is 19.3 Å². The fourth-order valence-electron chi connectivity index (χ4n) is 0.979. The Morgan fingerprint density at radius 2 is 1.71 bits per heavy atom. The molecule has 0 amide bonds. The lowest BCUT2D eigenvalue weighted by Gasteiger charge is -2.15. The van der Waals surface area contributed by atoms with E-state index in [1.165, 1.54) is 0 Å². The highest BCUT2D eigenvalue weighted by Gasteiger charge is 2.10. The summed E-state index contributed by atoms with van der Waals surface area (Å²) < 4.78 is 5.44. The predicted molar refractivity (Wildman–Crippen MR) is 51.0 cm³/mol. The van der Waals surface area contributed by atoms with Crippen molar-refractivity contribution >= 4 is 0 Å². The zero-order chi connectivity index (χ0) is 10.8. The Balaban J connectivity index is 3.49. The van der Waals surface area contributed by atoms with Crippen LogP contribution in [-0.4, -0.2) is 36.4 Å². The van der Waals surface area contributed by atoms with Crippen molar-refractivity contribution in [3.8, 4) is 0 Å². The smallest absolute Gasteiger partial charge is 0.0871 e. The molecule has 0 rings (SSSR count). The van der Waals surface area contributed by atoms with Gasteiger partial charge in [-0.3, -0.25) is 10.5 Å². The first kappa shape index (κ1) is 13.8. The van der Waals surface area contributed by atoms with Gasteiger partial charge in [-0.15, -0.1) is 0 Å². The second-order valence-electron chi connectivity index (χ2n) is 3.34. The molecule has 5 nitrogen and oxygen atoms in total. The Labute approximate surface area is 84.4 Å². The Bertz CT molecular complexity index is 114. The minimum atomic E-state index is -0.0472. The lowest BCUT2D eigenvalue weighted by atomic mass is 10.1. The fraction of sp³-hybridized carbons (Fsp3) is 1.00. The first-order valence-electron chi connectivity index (χ1n) is 4.88. The summed E-state index contributed by atoms with van der Waals surface area (Å²) in [6.07, 6.45) is 1.89. The minimum Gasteiger partial charge on any atom is -0.379 e. The van der Waals surface area contributed by atoms with Crippen molar-refractivity contribution in [2.75, 3.05) is 19.8 Å². The molecule has 5 heteroatoms. The Morgan fingerprint density at radius 3 is 2.14 bits per heavy atom. The molecule has 1 atom stereocenters. The minimum absolute atomic E-state index is 0.0472. The summed E-state index contributed by atoms with van der Waals surface area (Å²) in [5, 5.41) is 16.5. The number of hydrogen-bond acceptors (Lipinski definition) is 5. The lowest BCUT2D eigenvalue weighted by molar-refractivity contribution is -0.282. The zero-order valence-corrected chi connectivity index (χ0v) is 8.81. The third-order valence-corrected chi connectivity index (χ3v) is 2.12. The lowest BCUT2D eigenvalue weighted by Crippen LogP contribution is -2.18. The van der Waals surface area contributed by atoms with Gasteiger partial charge in [0, 0.05) is 12.5 Å². The first-order chi connectivity index (χ1) is 6.74. The molecule has 0 radical (unpaired) electrons. The van der Waals surface area contributed by atoms with Gasteiger partial charge in [-0.05, 0) is 19.8 Å². The summed E-state index contributed by atoms with van der Waals surface area (Å²) in [5.74, 6) is -0.0472. The van der Waals surface area contributed by atoms with E-state index >= 15 is 0 Å². The summed E-state index contributed by atoms with van der Waals surface area (Å²) in [4.78, 5) is 7.99. The third-order valence-electron chi connectivity index (χ3n) is 2.12. The van der Waals surface area contributed by atoms with Crippen molar-refractivity contribution in [3.05, 3.63) is 0 Å². The maximum absolute atomic E-state index is 8.24. The molecule has 0 heterocycles. The predicted octanol–water partition coefficient (Wildman–Crippen LogP) is 1.79. The van der Waals surface area contributed by atoms with Crippen LogP contribution in [0.5, 0.6) is 0 Å². The molecular formula is C9H20O5. The van der Waals surface area contributed by atoms with Gasteiger partial charge in [0.2, 0.25) is 0 Å².